The van der Waals surface area contributed by atoms with Gasteiger partial charge in [0.05, 0.1) is 6.54 Å². The van der Waals surface area contributed by atoms with Crippen molar-refractivity contribution in [1.82, 2.24) is 14.4 Å². The van der Waals surface area contributed by atoms with Gasteiger partial charge in [-0.3, -0.25) is 19.3 Å². The number of aromatic hydroxyl groups is 1. The van der Waals surface area contributed by atoms with Crippen molar-refractivity contribution in [3.63, 3.8) is 0 Å². The molecule has 5 rings (SSSR count). The zero-order valence-electron chi connectivity index (χ0n) is 16.8. The van der Waals surface area contributed by atoms with Crippen LogP contribution in [0.2, 0.25) is 0 Å². The van der Waals surface area contributed by atoms with Gasteiger partial charge in [0.2, 0.25) is 5.43 Å². The zero-order valence-corrected chi connectivity index (χ0v) is 16.8. The summed E-state index contributed by atoms with van der Waals surface area (Å²) in [7, 11) is 0. The quantitative estimate of drug-likeness (QED) is 0.763. The average molecular weight is 426 g/mol. The van der Waals surface area contributed by atoms with E-state index in [1.165, 1.54) is 22.9 Å². The predicted octanol–water partition coefficient (Wildman–Crippen LogP) is 1.05. The molecule has 3 N–H and O–H groups in total. The molecule has 2 fully saturated rings. The third kappa shape index (κ3) is 3.11. The Kier molecular flexibility index (Phi) is 4.58. The highest BCUT2D eigenvalue weighted by Gasteiger charge is 2.48. The van der Waals surface area contributed by atoms with E-state index in [1.807, 2.05) is 0 Å². The van der Waals surface area contributed by atoms with Crippen molar-refractivity contribution in [2.45, 2.75) is 50.5 Å². The van der Waals surface area contributed by atoms with Gasteiger partial charge in [0, 0.05) is 24.8 Å². The van der Waals surface area contributed by atoms with E-state index in [2.05, 4.69) is 4.90 Å². The summed E-state index contributed by atoms with van der Waals surface area (Å²) < 4.78 is 14.8. The molecule has 0 bridgehead atoms. The minimum absolute atomic E-state index is 0.0982. The summed E-state index contributed by atoms with van der Waals surface area (Å²) in [6, 6.07) is 6.98. The van der Waals surface area contributed by atoms with Crippen molar-refractivity contribution in [2.24, 2.45) is 5.73 Å². The molecular formula is C22H23FN4O4. The molecule has 3 unspecified atom stereocenters. The second kappa shape index (κ2) is 7.19. The molecule has 162 valence electrons. The summed E-state index contributed by atoms with van der Waals surface area (Å²) in [5.74, 6) is -2.37. The highest BCUT2D eigenvalue weighted by molar-refractivity contribution is 5.98. The Morgan fingerprint density at radius 3 is 2.61 bits per heavy atom. The van der Waals surface area contributed by atoms with Crippen LogP contribution in [0.4, 0.5) is 4.39 Å². The number of carbonyl (C=O) groups excluding carboxylic acids is 2. The van der Waals surface area contributed by atoms with Crippen LogP contribution < -0.4 is 11.2 Å². The Bertz CT molecular complexity index is 1130. The van der Waals surface area contributed by atoms with Crippen LogP contribution in [0.15, 0.2) is 35.3 Å². The van der Waals surface area contributed by atoms with Gasteiger partial charge in [0.1, 0.15) is 17.5 Å². The first-order valence-corrected chi connectivity index (χ1v) is 10.4. The van der Waals surface area contributed by atoms with Gasteiger partial charge in [-0.2, -0.15) is 0 Å². The number of halogens is 1. The normalized spacial score (nSPS) is 25.1. The average Bonchev–Trinajstić information content (AvgIpc) is 3.15. The lowest BCUT2D eigenvalue weighted by molar-refractivity contribution is -0.0388. The molecule has 2 aromatic rings. The number of fused-ring (bicyclic) bond motifs is 4. The molecule has 2 amide bonds. The number of aromatic nitrogens is 1. The van der Waals surface area contributed by atoms with Gasteiger partial charge in [-0.05, 0) is 43.4 Å². The van der Waals surface area contributed by atoms with Crippen molar-refractivity contribution < 1.29 is 19.1 Å². The lowest BCUT2D eigenvalue weighted by Gasteiger charge is -2.50. The van der Waals surface area contributed by atoms with E-state index >= 15 is 0 Å². The first-order chi connectivity index (χ1) is 14.8. The van der Waals surface area contributed by atoms with E-state index in [4.69, 9.17) is 5.73 Å². The number of nitrogens with zero attached hydrogens (tertiary/aromatic N) is 3. The first kappa shape index (κ1) is 19.7. The number of nitrogens with two attached hydrogens (primary N) is 1. The summed E-state index contributed by atoms with van der Waals surface area (Å²) >= 11 is 0. The Morgan fingerprint density at radius 2 is 1.90 bits per heavy atom. The summed E-state index contributed by atoms with van der Waals surface area (Å²) in [4.78, 5) is 41.2. The summed E-state index contributed by atoms with van der Waals surface area (Å²) in [6.07, 6.45) is 4.56. The standard InChI is InChI=1S/C22H23FN4O4/c23-13-3-1-12(2-4-13)9-15-6-5-14-7-8-26-17(27(14)15)11-25-10-16(21(24)30)19(28)20(29)18(25)22(26)31/h1-4,10,14-15,17,29H,5-9,11H2,(H2,24,30). The van der Waals surface area contributed by atoms with Crippen LogP contribution in [-0.2, 0) is 13.0 Å². The highest BCUT2D eigenvalue weighted by atomic mass is 19.1. The molecule has 4 heterocycles. The molecule has 9 heteroatoms. The van der Waals surface area contributed by atoms with Crippen molar-refractivity contribution in [2.75, 3.05) is 6.54 Å². The minimum atomic E-state index is -0.942. The fourth-order valence-electron chi connectivity index (χ4n) is 5.39. The van der Waals surface area contributed by atoms with Gasteiger partial charge >= 0.3 is 0 Å². The fourth-order valence-corrected chi connectivity index (χ4v) is 5.39. The van der Waals surface area contributed by atoms with Crippen LogP contribution in [0.1, 0.15) is 45.7 Å². The van der Waals surface area contributed by atoms with Gasteiger partial charge in [-0.25, -0.2) is 4.39 Å². The monoisotopic (exact) mass is 426 g/mol. The second-order valence-corrected chi connectivity index (χ2v) is 8.52. The Labute approximate surface area is 177 Å². The number of hydrogen-bond acceptors (Lipinski definition) is 5. The largest absolute Gasteiger partial charge is 0.503 e. The maximum Gasteiger partial charge on any atom is 0.275 e. The molecule has 31 heavy (non-hydrogen) atoms. The van der Waals surface area contributed by atoms with Crippen molar-refractivity contribution in [1.29, 1.82) is 0 Å². The lowest BCUT2D eigenvalue weighted by Crippen LogP contribution is -2.64. The van der Waals surface area contributed by atoms with Crippen molar-refractivity contribution in [3.8, 4) is 5.75 Å². The molecule has 0 radical (unpaired) electrons. The number of pyridine rings is 1. The Balaban J connectivity index is 1.50. The molecule has 8 nitrogen and oxygen atoms in total. The molecule has 2 saturated heterocycles. The zero-order chi connectivity index (χ0) is 21.9. The summed E-state index contributed by atoms with van der Waals surface area (Å²) in [5, 5.41) is 10.4. The number of rotatable bonds is 3. The first-order valence-electron chi connectivity index (χ1n) is 10.4. The summed E-state index contributed by atoms with van der Waals surface area (Å²) in [6.45, 7) is 0.866. The van der Waals surface area contributed by atoms with E-state index in [1.54, 1.807) is 17.0 Å². The Morgan fingerprint density at radius 1 is 1.16 bits per heavy atom. The number of primary amides is 1. The van der Waals surface area contributed by atoms with Crippen LogP contribution in [0.25, 0.3) is 0 Å². The summed E-state index contributed by atoms with van der Waals surface area (Å²) in [5.41, 5.74) is 4.97. The molecule has 3 aliphatic heterocycles. The smallest absolute Gasteiger partial charge is 0.275 e. The molecule has 1 aromatic carbocycles. The van der Waals surface area contributed by atoms with Gasteiger partial charge in [0.15, 0.2) is 11.4 Å². The molecule has 0 aliphatic carbocycles. The Hall–Kier alpha value is -3.20. The third-order valence-corrected chi connectivity index (χ3v) is 6.81. The maximum absolute atomic E-state index is 13.3. The van der Waals surface area contributed by atoms with E-state index in [9.17, 15) is 23.9 Å². The van der Waals surface area contributed by atoms with Gasteiger partial charge in [-0.1, -0.05) is 12.1 Å². The molecule has 1 aromatic heterocycles. The van der Waals surface area contributed by atoms with E-state index < -0.39 is 23.0 Å². The van der Waals surface area contributed by atoms with Crippen LogP contribution >= 0.6 is 0 Å². The predicted molar refractivity (Wildman–Crippen MR) is 109 cm³/mol. The molecule has 3 atom stereocenters. The molecule has 3 aliphatic rings. The van der Waals surface area contributed by atoms with Crippen LogP contribution in [0, 0.1) is 5.82 Å². The fraction of sp³-hybridized carbons (Fsp3) is 0.409. The van der Waals surface area contributed by atoms with Gasteiger partial charge in [0.25, 0.3) is 11.8 Å². The molecular weight excluding hydrogens is 403 g/mol. The van der Waals surface area contributed by atoms with Gasteiger partial charge < -0.3 is 20.3 Å². The highest BCUT2D eigenvalue weighted by Crippen LogP contribution is 2.38. The van der Waals surface area contributed by atoms with Crippen LogP contribution in [-0.4, -0.2) is 56.1 Å². The van der Waals surface area contributed by atoms with Crippen molar-refractivity contribution >= 4 is 11.8 Å². The molecule has 0 spiro atoms. The minimum Gasteiger partial charge on any atom is -0.503 e. The second-order valence-electron chi connectivity index (χ2n) is 8.52. The van der Waals surface area contributed by atoms with E-state index in [0.717, 1.165) is 31.2 Å². The van der Waals surface area contributed by atoms with E-state index in [0.29, 0.717) is 19.1 Å². The van der Waals surface area contributed by atoms with Gasteiger partial charge in [-0.15, -0.1) is 0 Å². The number of carbonyl (C=O) groups is 2. The van der Waals surface area contributed by atoms with Crippen LogP contribution in [0.5, 0.6) is 5.75 Å². The topological polar surface area (TPSA) is 109 Å². The molecule has 0 saturated carbocycles. The SMILES string of the molecule is NC(=O)c1cn2c(c(O)c1=O)C(=O)N1CCC3CCC(Cc4ccc(F)cc4)N3C1C2. The van der Waals surface area contributed by atoms with Crippen LogP contribution in [0.3, 0.4) is 0 Å². The van der Waals surface area contributed by atoms with Crippen molar-refractivity contribution in [3.05, 3.63) is 63.3 Å². The number of amides is 2. The third-order valence-electron chi connectivity index (χ3n) is 6.81. The van der Waals surface area contributed by atoms with E-state index in [-0.39, 0.29) is 29.3 Å². The lowest BCUT2D eigenvalue weighted by atomic mass is 10.0. The maximum atomic E-state index is 13.3. The number of hydrogen-bond donors (Lipinski definition) is 2. The number of benzene rings is 1.